The Morgan fingerprint density at radius 1 is 1.13 bits per heavy atom. The summed E-state index contributed by atoms with van der Waals surface area (Å²) in [6.45, 7) is 1.65. The van der Waals surface area contributed by atoms with Crippen LogP contribution in [0.1, 0.15) is 16.1 Å². The maximum absolute atomic E-state index is 14.4. The molecule has 0 unspecified atom stereocenters. The first kappa shape index (κ1) is 28.6. The average molecular weight is 537 g/mol. The van der Waals surface area contributed by atoms with Crippen molar-refractivity contribution in [3.05, 3.63) is 59.5 Å². The van der Waals surface area contributed by atoms with Gasteiger partial charge in [0.2, 0.25) is 5.91 Å². The van der Waals surface area contributed by atoms with Crippen molar-refractivity contribution in [1.82, 2.24) is 19.8 Å². The lowest BCUT2D eigenvalue weighted by molar-refractivity contribution is -0.126. The Bertz CT molecular complexity index is 1200. The monoisotopic (exact) mass is 536 g/mol. The summed E-state index contributed by atoms with van der Waals surface area (Å²) in [6.07, 6.45) is 0.245. The van der Waals surface area contributed by atoms with E-state index in [1.165, 1.54) is 6.08 Å². The van der Waals surface area contributed by atoms with E-state index in [-0.39, 0.29) is 49.2 Å². The summed E-state index contributed by atoms with van der Waals surface area (Å²) in [5.41, 5.74) is -2.55. The molecule has 0 saturated carbocycles. The molecule has 1 aliphatic heterocycles. The van der Waals surface area contributed by atoms with Gasteiger partial charge < -0.3 is 24.7 Å². The van der Waals surface area contributed by atoms with Crippen LogP contribution in [0.2, 0.25) is 0 Å². The van der Waals surface area contributed by atoms with E-state index in [2.05, 4.69) is 9.97 Å². The number of hydrogen-bond donors (Lipinski definition) is 1. The van der Waals surface area contributed by atoms with Gasteiger partial charge in [0.05, 0.1) is 0 Å². The van der Waals surface area contributed by atoms with Gasteiger partial charge in [-0.3, -0.25) is 9.59 Å². The zero-order chi connectivity index (χ0) is 28.0. The summed E-state index contributed by atoms with van der Waals surface area (Å²) in [6, 6.07) is 3.15. The molecule has 1 amide bonds. The van der Waals surface area contributed by atoms with Crippen LogP contribution >= 0.6 is 0 Å². The van der Waals surface area contributed by atoms with Gasteiger partial charge in [0, 0.05) is 51.4 Å². The molecule has 204 valence electrons. The number of likely N-dealkylation sites (N-methyl/N-ethyl adjacent to an activating group) is 1. The van der Waals surface area contributed by atoms with Crippen molar-refractivity contribution in [2.45, 2.75) is 6.18 Å². The number of amides is 1. The van der Waals surface area contributed by atoms with Crippen molar-refractivity contribution in [3.63, 3.8) is 0 Å². The molecule has 1 fully saturated rings. The van der Waals surface area contributed by atoms with E-state index >= 15 is 0 Å². The van der Waals surface area contributed by atoms with Crippen LogP contribution in [0, 0.1) is 5.82 Å². The van der Waals surface area contributed by atoms with Crippen molar-refractivity contribution in [2.75, 3.05) is 63.7 Å². The highest BCUT2D eigenvalue weighted by atomic mass is 19.4. The molecular weight excluding hydrogens is 508 g/mol. The number of benzene rings is 1. The van der Waals surface area contributed by atoms with Crippen molar-refractivity contribution in [3.8, 4) is 5.75 Å². The van der Waals surface area contributed by atoms with Gasteiger partial charge in [0.25, 0.3) is 0 Å². The SMILES string of the molecule is CN(C)C/C=C/C(=O)N1CCN(c2ncnc(C=O)c2/C=C(\N(C)c2c(O)cccc2F)C(F)(F)F)CC1. The number of hydrogen-bond acceptors (Lipinski definition) is 8. The Morgan fingerprint density at radius 3 is 2.39 bits per heavy atom. The summed E-state index contributed by atoms with van der Waals surface area (Å²) in [5, 5.41) is 10.0. The molecule has 1 aromatic carbocycles. The summed E-state index contributed by atoms with van der Waals surface area (Å²) in [4.78, 5) is 37.8. The van der Waals surface area contributed by atoms with Crippen LogP contribution in [0.25, 0.3) is 6.08 Å². The predicted octanol–water partition coefficient (Wildman–Crippen LogP) is 2.94. The number of phenols is 1. The Balaban J connectivity index is 1.96. The largest absolute Gasteiger partial charge is 0.506 e. The Kier molecular flexibility index (Phi) is 9.04. The second-order valence-electron chi connectivity index (χ2n) is 8.78. The van der Waals surface area contributed by atoms with Crippen molar-refractivity contribution < 1.29 is 32.3 Å². The van der Waals surface area contributed by atoms with Crippen LogP contribution in [-0.4, -0.2) is 97.1 Å². The standard InChI is InChI=1S/C25H28F4N6O3/c1-32(2)9-5-8-22(38)34-10-12-35(13-11-34)24-17(19(15-36)30-16-31-24)14-21(25(27,28)29)33(3)23-18(26)6-4-7-20(23)37/h4-8,14-16,37H,9-13H2,1-3H3/b8-5+,21-14-. The number of aldehydes is 1. The van der Waals surface area contributed by atoms with E-state index in [9.17, 15) is 32.3 Å². The zero-order valence-corrected chi connectivity index (χ0v) is 21.1. The van der Waals surface area contributed by atoms with Crippen LogP contribution < -0.4 is 9.80 Å². The molecule has 2 heterocycles. The first-order valence-electron chi connectivity index (χ1n) is 11.6. The molecule has 38 heavy (non-hydrogen) atoms. The first-order chi connectivity index (χ1) is 17.9. The van der Waals surface area contributed by atoms with Crippen LogP contribution in [0.3, 0.4) is 0 Å². The Hall–Kier alpha value is -4.00. The molecule has 13 heteroatoms. The number of phenolic OH excluding ortho intramolecular Hbond substituents is 1. The maximum Gasteiger partial charge on any atom is 0.431 e. The fraction of sp³-hybridized carbons (Fsp3) is 0.360. The number of para-hydroxylation sites is 1. The topological polar surface area (TPSA) is 93.1 Å². The summed E-state index contributed by atoms with van der Waals surface area (Å²) in [7, 11) is 4.70. The average Bonchev–Trinajstić information content (AvgIpc) is 2.86. The quantitative estimate of drug-likeness (QED) is 0.313. The third kappa shape index (κ3) is 6.65. The van der Waals surface area contributed by atoms with E-state index in [0.29, 0.717) is 23.8 Å². The molecule has 0 atom stereocenters. The number of carbonyl (C=O) groups is 2. The number of anilines is 2. The number of aromatic hydroxyl groups is 1. The fourth-order valence-corrected chi connectivity index (χ4v) is 3.95. The van der Waals surface area contributed by atoms with Gasteiger partial charge in [0.15, 0.2) is 12.1 Å². The van der Waals surface area contributed by atoms with Crippen LogP contribution in [-0.2, 0) is 4.79 Å². The third-order valence-corrected chi connectivity index (χ3v) is 5.86. The fourth-order valence-electron chi connectivity index (χ4n) is 3.95. The maximum atomic E-state index is 14.4. The second-order valence-corrected chi connectivity index (χ2v) is 8.78. The number of nitrogens with zero attached hydrogens (tertiary/aromatic N) is 6. The number of rotatable bonds is 8. The molecule has 1 saturated heterocycles. The number of halogens is 4. The van der Waals surface area contributed by atoms with E-state index in [1.54, 1.807) is 15.9 Å². The minimum atomic E-state index is -5.00. The molecule has 1 N–H and O–H groups in total. The van der Waals surface area contributed by atoms with Crippen molar-refractivity contribution in [1.29, 1.82) is 0 Å². The lowest BCUT2D eigenvalue weighted by atomic mass is 10.1. The molecule has 2 aromatic rings. The van der Waals surface area contributed by atoms with Gasteiger partial charge in [-0.05, 0) is 32.3 Å². The number of allylic oxidation sites excluding steroid dienone is 1. The van der Waals surface area contributed by atoms with Gasteiger partial charge in [0.1, 0.15) is 35.0 Å². The lowest BCUT2D eigenvalue weighted by Crippen LogP contribution is -2.49. The minimum Gasteiger partial charge on any atom is -0.506 e. The Labute approximate surface area is 217 Å². The molecule has 3 rings (SSSR count). The number of aromatic nitrogens is 2. The normalized spacial score (nSPS) is 14.9. The van der Waals surface area contributed by atoms with E-state index in [1.807, 2.05) is 19.0 Å². The third-order valence-electron chi connectivity index (χ3n) is 5.86. The second kappa shape index (κ2) is 12.0. The first-order valence-corrected chi connectivity index (χ1v) is 11.6. The number of alkyl halides is 3. The molecule has 0 spiro atoms. The van der Waals surface area contributed by atoms with E-state index in [0.717, 1.165) is 31.6 Å². The van der Waals surface area contributed by atoms with Gasteiger partial charge in [-0.25, -0.2) is 14.4 Å². The summed E-state index contributed by atoms with van der Waals surface area (Å²) in [5.74, 6) is -1.88. The molecule has 0 bridgehead atoms. The summed E-state index contributed by atoms with van der Waals surface area (Å²) < 4.78 is 57.0. The van der Waals surface area contributed by atoms with Crippen LogP contribution in [0.15, 0.2) is 42.4 Å². The van der Waals surface area contributed by atoms with Crippen molar-refractivity contribution >= 4 is 29.8 Å². The predicted molar refractivity (Wildman–Crippen MR) is 134 cm³/mol. The Morgan fingerprint density at radius 2 is 1.82 bits per heavy atom. The molecular formula is C25H28F4N6O3. The number of piperazine rings is 1. The van der Waals surface area contributed by atoms with E-state index in [4.69, 9.17) is 0 Å². The van der Waals surface area contributed by atoms with Gasteiger partial charge >= 0.3 is 6.18 Å². The smallest absolute Gasteiger partial charge is 0.431 e. The highest BCUT2D eigenvalue weighted by molar-refractivity contribution is 5.88. The van der Waals surface area contributed by atoms with Gasteiger partial charge in [-0.2, -0.15) is 13.2 Å². The van der Waals surface area contributed by atoms with Gasteiger partial charge in [-0.15, -0.1) is 0 Å². The lowest BCUT2D eigenvalue weighted by Gasteiger charge is -2.35. The molecule has 0 aliphatic carbocycles. The summed E-state index contributed by atoms with van der Waals surface area (Å²) >= 11 is 0. The molecule has 0 radical (unpaired) electrons. The highest BCUT2D eigenvalue weighted by Gasteiger charge is 2.39. The van der Waals surface area contributed by atoms with Crippen LogP contribution in [0.5, 0.6) is 5.75 Å². The van der Waals surface area contributed by atoms with E-state index < -0.39 is 29.1 Å². The molecule has 1 aliphatic rings. The molecule has 9 nitrogen and oxygen atoms in total. The van der Waals surface area contributed by atoms with Gasteiger partial charge in [-0.1, -0.05) is 12.1 Å². The highest BCUT2D eigenvalue weighted by Crippen LogP contribution is 2.39. The zero-order valence-electron chi connectivity index (χ0n) is 21.1. The minimum absolute atomic E-state index is 0.0604. The van der Waals surface area contributed by atoms with Crippen LogP contribution in [0.4, 0.5) is 29.1 Å². The van der Waals surface area contributed by atoms with Crippen molar-refractivity contribution in [2.24, 2.45) is 0 Å². The number of carbonyl (C=O) groups excluding carboxylic acids is 2. The molecule has 1 aromatic heterocycles.